The lowest BCUT2D eigenvalue weighted by Gasteiger charge is -2.07. The zero-order chi connectivity index (χ0) is 13.4. The van der Waals surface area contributed by atoms with E-state index < -0.39 is 0 Å². The maximum absolute atomic E-state index is 11.1. The molecule has 6 heteroatoms. The Morgan fingerprint density at radius 1 is 1.56 bits per heavy atom. The van der Waals surface area contributed by atoms with Gasteiger partial charge in [0.05, 0.1) is 20.1 Å². The summed E-state index contributed by atoms with van der Waals surface area (Å²) in [5, 5.41) is 0. The van der Waals surface area contributed by atoms with Gasteiger partial charge in [0, 0.05) is 30.8 Å². The first-order chi connectivity index (χ1) is 8.71. The summed E-state index contributed by atoms with van der Waals surface area (Å²) in [6.45, 7) is 0.467. The smallest absolute Gasteiger partial charge is 0.307 e. The number of esters is 1. The zero-order valence-corrected chi connectivity index (χ0v) is 10.2. The average Bonchev–Trinajstić information content (AvgIpc) is 2.39. The number of rotatable bonds is 7. The molecule has 0 aliphatic carbocycles. The Bertz CT molecular complexity index is 421. The SMILES string of the molecule is COc1cc(CCOC(=O)CCN)c(C=O)cn1. The predicted molar refractivity (Wildman–Crippen MR) is 64.5 cm³/mol. The molecule has 0 unspecified atom stereocenters. The van der Waals surface area contributed by atoms with Gasteiger partial charge in [0.15, 0.2) is 6.29 Å². The monoisotopic (exact) mass is 252 g/mol. The van der Waals surface area contributed by atoms with Gasteiger partial charge in [-0.1, -0.05) is 0 Å². The van der Waals surface area contributed by atoms with Gasteiger partial charge in [0.25, 0.3) is 0 Å². The van der Waals surface area contributed by atoms with E-state index in [0.29, 0.717) is 24.2 Å². The van der Waals surface area contributed by atoms with Gasteiger partial charge in [0.1, 0.15) is 0 Å². The van der Waals surface area contributed by atoms with Crippen molar-refractivity contribution in [2.75, 3.05) is 20.3 Å². The molecule has 1 heterocycles. The molecule has 0 radical (unpaired) electrons. The molecule has 1 aromatic heterocycles. The Morgan fingerprint density at radius 2 is 2.33 bits per heavy atom. The van der Waals surface area contributed by atoms with Gasteiger partial charge in [0.2, 0.25) is 5.88 Å². The molecule has 2 N–H and O–H groups in total. The first kappa shape index (κ1) is 14.1. The van der Waals surface area contributed by atoms with E-state index >= 15 is 0 Å². The highest BCUT2D eigenvalue weighted by Crippen LogP contribution is 2.13. The van der Waals surface area contributed by atoms with Crippen LogP contribution in [0.3, 0.4) is 0 Å². The number of methoxy groups -OCH3 is 1. The Morgan fingerprint density at radius 3 is 2.94 bits per heavy atom. The third-order valence-corrected chi connectivity index (χ3v) is 2.32. The minimum Gasteiger partial charge on any atom is -0.481 e. The summed E-state index contributed by atoms with van der Waals surface area (Å²) >= 11 is 0. The lowest BCUT2D eigenvalue weighted by Crippen LogP contribution is -2.13. The molecule has 1 rings (SSSR count). The van der Waals surface area contributed by atoms with E-state index in [2.05, 4.69) is 4.98 Å². The van der Waals surface area contributed by atoms with Gasteiger partial charge in [-0.05, 0) is 5.56 Å². The Hall–Kier alpha value is -1.95. The molecule has 0 saturated heterocycles. The first-order valence-electron chi connectivity index (χ1n) is 5.55. The van der Waals surface area contributed by atoms with Crippen molar-refractivity contribution in [3.63, 3.8) is 0 Å². The van der Waals surface area contributed by atoms with E-state index in [0.717, 1.165) is 5.56 Å². The van der Waals surface area contributed by atoms with Crippen LogP contribution in [-0.4, -0.2) is 37.5 Å². The van der Waals surface area contributed by atoms with Gasteiger partial charge in [-0.2, -0.15) is 0 Å². The van der Waals surface area contributed by atoms with Crippen molar-refractivity contribution in [3.05, 3.63) is 23.4 Å². The van der Waals surface area contributed by atoms with E-state index in [1.165, 1.54) is 13.3 Å². The van der Waals surface area contributed by atoms with Gasteiger partial charge in [-0.25, -0.2) is 4.98 Å². The maximum atomic E-state index is 11.1. The Kier molecular flexibility index (Phi) is 5.79. The molecule has 0 aliphatic heterocycles. The van der Waals surface area contributed by atoms with E-state index in [-0.39, 0.29) is 25.5 Å². The van der Waals surface area contributed by atoms with Crippen molar-refractivity contribution in [1.82, 2.24) is 4.98 Å². The number of nitrogens with zero attached hydrogens (tertiary/aromatic N) is 1. The van der Waals surface area contributed by atoms with Crippen LogP contribution in [0.15, 0.2) is 12.3 Å². The van der Waals surface area contributed by atoms with Crippen LogP contribution in [0, 0.1) is 0 Å². The molecule has 98 valence electrons. The normalized spacial score (nSPS) is 9.89. The molecule has 1 aromatic rings. The molecular formula is C12H16N2O4. The van der Waals surface area contributed by atoms with Gasteiger partial charge >= 0.3 is 5.97 Å². The molecule has 18 heavy (non-hydrogen) atoms. The van der Waals surface area contributed by atoms with E-state index in [1.807, 2.05) is 0 Å². The third-order valence-electron chi connectivity index (χ3n) is 2.32. The summed E-state index contributed by atoms with van der Waals surface area (Å²) in [7, 11) is 1.49. The molecule has 6 nitrogen and oxygen atoms in total. The van der Waals surface area contributed by atoms with Crippen LogP contribution in [0.2, 0.25) is 0 Å². The largest absolute Gasteiger partial charge is 0.481 e. The fourth-order valence-electron chi connectivity index (χ4n) is 1.38. The Balaban J connectivity index is 2.59. The first-order valence-corrected chi connectivity index (χ1v) is 5.55. The number of hydrogen-bond acceptors (Lipinski definition) is 6. The average molecular weight is 252 g/mol. The van der Waals surface area contributed by atoms with Crippen molar-refractivity contribution in [2.24, 2.45) is 5.73 Å². The maximum Gasteiger partial charge on any atom is 0.307 e. The lowest BCUT2D eigenvalue weighted by atomic mass is 10.1. The topological polar surface area (TPSA) is 91.5 Å². The number of hydrogen-bond donors (Lipinski definition) is 1. The minimum atomic E-state index is -0.342. The van der Waals surface area contributed by atoms with Crippen molar-refractivity contribution in [2.45, 2.75) is 12.8 Å². The Labute approximate surface area is 105 Å². The number of nitrogens with two attached hydrogens (primary N) is 1. The molecule has 0 bridgehead atoms. The standard InChI is InChI=1S/C12H16N2O4/c1-17-11-6-9(10(8-15)7-14-11)3-5-18-12(16)2-4-13/h6-8H,2-5,13H2,1H3. The van der Waals surface area contributed by atoms with Gasteiger partial charge in [-0.15, -0.1) is 0 Å². The van der Waals surface area contributed by atoms with Crippen molar-refractivity contribution in [3.8, 4) is 5.88 Å². The zero-order valence-electron chi connectivity index (χ0n) is 10.2. The fourth-order valence-corrected chi connectivity index (χ4v) is 1.38. The number of carbonyl (C=O) groups is 2. The molecule has 0 aliphatic rings. The summed E-state index contributed by atoms with van der Waals surface area (Å²) in [4.78, 5) is 25.8. The molecule has 0 saturated carbocycles. The predicted octanol–water partition coefficient (Wildman–Crippen LogP) is 0.337. The van der Waals surface area contributed by atoms with Crippen molar-refractivity contribution >= 4 is 12.3 Å². The summed E-state index contributed by atoms with van der Waals surface area (Å²) in [6, 6.07) is 1.65. The van der Waals surface area contributed by atoms with Crippen LogP contribution >= 0.6 is 0 Å². The van der Waals surface area contributed by atoms with Crippen LogP contribution in [0.4, 0.5) is 0 Å². The number of pyridine rings is 1. The van der Waals surface area contributed by atoms with Crippen LogP contribution in [0.5, 0.6) is 5.88 Å². The molecule has 0 amide bonds. The van der Waals surface area contributed by atoms with Crippen molar-refractivity contribution in [1.29, 1.82) is 0 Å². The summed E-state index contributed by atoms with van der Waals surface area (Å²) in [5.74, 6) is 0.0788. The van der Waals surface area contributed by atoms with E-state index in [1.54, 1.807) is 6.07 Å². The second kappa shape index (κ2) is 7.39. The molecule has 0 fully saturated rings. The van der Waals surface area contributed by atoms with Crippen LogP contribution in [0.1, 0.15) is 22.3 Å². The van der Waals surface area contributed by atoms with Crippen LogP contribution in [-0.2, 0) is 16.0 Å². The highest BCUT2D eigenvalue weighted by Gasteiger charge is 2.07. The van der Waals surface area contributed by atoms with E-state index in [9.17, 15) is 9.59 Å². The summed E-state index contributed by atoms with van der Waals surface area (Å²) < 4.78 is 9.93. The lowest BCUT2D eigenvalue weighted by molar-refractivity contribution is -0.143. The second-order valence-corrected chi connectivity index (χ2v) is 3.55. The summed E-state index contributed by atoms with van der Waals surface area (Å²) in [5.41, 5.74) is 6.42. The van der Waals surface area contributed by atoms with E-state index in [4.69, 9.17) is 15.2 Å². The summed E-state index contributed by atoms with van der Waals surface area (Å²) in [6.07, 6.45) is 2.77. The number of aromatic nitrogens is 1. The molecular weight excluding hydrogens is 236 g/mol. The van der Waals surface area contributed by atoms with Crippen LogP contribution < -0.4 is 10.5 Å². The van der Waals surface area contributed by atoms with Gasteiger partial charge < -0.3 is 15.2 Å². The third kappa shape index (κ3) is 4.14. The number of carbonyl (C=O) groups excluding carboxylic acids is 2. The highest BCUT2D eigenvalue weighted by atomic mass is 16.5. The molecule has 0 spiro atoms. The minimum absolute atomic E-state index is 0.195. The molecule has 0 atom stereocenters. The van der Waals surface area contributed by atoms with Crippen molar-refractivity contribution < 1.29 is 19.1 Å². The number of aldehydes is 1. The fraction of sp³-hybridized carbons (Fsp3) is 0.417. The van der Waals surface area contributed by atoms with Gasteiger partial charge in [-0.3, -0.25) is 9.59 Å². The number of ether oxygens (including phenoxy) is 2. The second-order valence-electron chi connectivity index (χ2n) is 3.55. The van der Waals surface area contributed by atoms with Crippen LogP contribution in [0.25, 0.3) is 0 Å². The highest BCUT2D eigenvalue weighted by molar-refractivity contribution is 5.77. The molecule has 0 aromatic carbocycles. The quantitative estimate of drug-likeness (QED) is 0.555.